The van der Waals surface area contributed by atoms with Gasteiger partial charge in [-0.25, -0.2) is 4.98 Å². The first-order chi connectivity index (χ1) is 7.12. The summed E-state index contributed by atoms with van der Waals surface area (Å²) in [7, 11) is 0. The van der Waals surface area contributed by atoms with Crippen molar-refractivity contribution in [1.82, 2.24) is 9.38 Å². The number of rotatable bonds is 1. The molecule has 0 spiro atoms. The summed E-state index contributed by atoms with van der Waals surface area (Å²) >= 11 is 0. The van der Waals surface area contributed by atoms with Crippen LogP contribution in [0.5, 0.6) is 0 Å². The molecule has 2 aromatic rings. The molecule has 78 valence electrons. The second kappa shape index (κ2) is 2.61. The van der Waals surface area contributed by atoms with Crippen molar-refractivity contribution < 1.29 is 0 Å². The lowest BCUT2D eigenvalue weighted by Crippen LogP contribution is -2.22. The van der Waals surface area contributed by atoms with E-state index in [1.165, 1.54) is 11.4 Å². The Morgan fingerprint density at radius 1 is 1.33 bits per heavy atom. The topological polar surface area (TPSA) is 43.3 Å². The van der Waals surface area contributed by atoms with E-state index >= 15 is 0 Å². The van der Waals surface area contributed by atoms with Gasteiger partial charge in [-0.15, -0.1) is 0 Å². The van der Waals surface area contributed by atoms with Gasteiger partial charge < -0.3 is 5.73 Å². The largest absolute Gasteiger partial charge is 0.320 e. The molecule has 3 nitrogen and oxygen atoms in total. The van der Waals surface area contributed by atoms with E-state index in [1.807, 2.05) is 12.1 Å². The summed E-state index contributed by atoms with van der Waals surface area (Å²) in [6.07, 6.45) is 2.16. The molecule has 0 aromatic carbocycles. The monoisotopic (exact) mass is 201 g/mol. The number of aromatic nitrogens is 2. The van der Waals surface area contributed by atoms with Gasteiger partial charge in [-0.2, -0.15) is 0 Å². The molecule has 1 aliphatic carbocycles. The minimum atomic E-state index is -0.115. The van der Waals surface area contributed by atoms with Gasteiger partial charge in [0, 0.05) is 5.69 Å². The highest BCUT2D eigenvalue weighted by Gasteiger charge is 2.44. The second-order valence-corrected chi connectivity index (χ2v) is 4.56. The fourth-order valence-electron chi connectivity index (χ4n) is 2.32. The number of nitrogens with two attached hydrogens (primary N) is 1. The van der Waals surface area contributed by atoms with Gasteiger partial charge >= 0.3 is 0 Å². The predicted molar refractivity (Wildman–Crippen MR) is 59.8 cm³/mol. The van der Waals surface area contributed by atoms with E-state index in [9.17, 15) is 0 Å². The molecule has 0 amide bonds. The summed E-state index contributed by atoms with van der Waals surface area (Å²) in [4.78, 5) is 4.56. The Hall–Kier alpha value is -1.35. The molecule has 0 bridgehead atoms. The van der Waals surface area contributed by atoms with Crippen LogP contribution in [-0.2, 0) is 5.54 Å². The molecule has 2 heterocycles. The van der Waals surface area contributed by atoms with E-state index in [4.69, 9.17) is 5.73 Å². The second-order valence-electron chi connectivity index (χ2n) is 4.56. The molecular weight excluding hydrogens is 186 g/mol. The first-order valence-corrected chi connectivity index (χ1v) is 5.36. The van der Waals surface area contributed by atoms with Crippen LogP contribution >= 0.6 is 0 Å². The fourth-order valence-corrected chi connectivity index (χ4v) is 2.32. The van der Waals surface area contributed by atoms with Crippen molar-refractivity contribution in [2.24, 2.45) is 5.73 Å². The number of hydrogen-bond donors (Lipinski definition) is 1. The average molecular weight is 201 g/mol. The Morgan fingerprint density at radius 2 is 2.07 bits per heavy atom. The molecule has 0 atom stereocenters. The molecule has 0 radical (unpaired) electrons. The van der Waals surface area contributed by atoms with E-state index in [0.717, 1.165) is 24.2 Å². The molecule has 2 aromatic heterocycles. The Bertz CT molecular complexity index is 535. The van der Waals surface area contributed by atoms with Gasteiger partial charge in [0.1, 0.15) is 5.65 Å². The van der Waals surface area contributed by atoms with Crippen molar-refractivity contribution >= 4 is 5.65 Å². The smallest absolute Gasteiger partial charge is 0.137 e. The summed E-state index contributed by atoms with van der Waals surface area (Å²) in [6, 6.07) is 6.18. The third-order valence-electron chi connectivity index (χ3n) is 3.27. The molecular formula is C12H15N3. The van der Waals surface area contributed by atoms with Gasteiger partial charge in [0.05, 0.1) is 16.9 Å². The molecule has 1 saturated carbocycles. The highest BCUT2D eigenvalue weighted by atomic mass is 15.1. The Labute approximate surface area is 88.9 Å². The van der Waals surface area contributed by atoms with Crippen molar-refractivity contribution in [3.05, 3.63) is 35.3 Å². The number of fused-ring (bicyclic) bond motifs is 1. The highest BCUT2D eigenvalue weighted by molar-refractivity contribution is 5.48. The summed E-state index contributed by atoms with van der Waals surface area (Å²) < 4.78 is 2.20. The molecule has 2 N–H and O–H groups in total. The van der Waals surface area contributed by atoms with Crippen LogP contribution in [-0.4, -0.2) is 9.38 Å². The lowest BCUT2D eigenvalue weighted by atomic mass is 10.1. The Kier molecular flexibility index (Phi) is 1.55. The van der Waals surface area contributed by atoms with Crippen LogP contribution in [0.3, 0.4) is 0 Å². The van der Waals surface area contributed by atoms with Crippen LogP contribution in [0.2, 0.25) is 0 Å². The van der Waals surface area contributed by atoms with Crippen molar-refractivity contribution in [3.8, 4) is 0 Å². The van der Waals surface area contributed by atoms with Crippen molar-refractivity contribution in [1.29, 1.82) is 0 Å². The molecule has 1 aliphatic rings. The average Bonchev–Trinajstić information content (AvgIpc) is 2.79. The van der Waals surface area contributed by atoms with Gasteiger partial charge in [-0.1, -0.05) is 6.07 Å². The van der Waals surface area contributed by atoms with Crippen molar-refractivity contribution in [2.75, 3.05) is 0 Å². The van der Waals surface area contributed by atoms with Crippen molar-refractivity contribution in [2.45, 2.75) is 32.2 Å². The maximum Gasteiger partial charge on any atom is 0.137 e. The van der Waals surface area contributed by atoms with Crippen LogP contribution < -0.4 is 5.73 Å². The van der Waals surface area contributed by atoms with Gasteiger partial charge in [0.2, 0.25) is 0 Å². The summed E-state index contributed by atoms with van der Waals surface area (Å²) in [5.74, 6) is 0. The summed E-state index contributed by atoms with van der Waals surface area (Å²) in [5.41, 5.74) is 10.7. The van der Waals surface area contributed by atoms with Gasteiger partial charge in [0.25, 0.3) is 0 Å². The Balaban J connectivity index is 2.41. The molecule has 3 heteroatoms. The SMILES string of the molecule is Cc1nc2cccc(C)n2c1C1(N)CC1. The number of nitrogens with zero attached hydrogens (tertiary/aromatic N) is 2. The quantitative estimate of drug-likeness (QED) is 0.765. The predicted octanol–water partition coefficient (Wildman–Crippen LogP) is 1.90. The molecule has 0 aliphatic heterocycles. The van der Waals surface area contributed by atoms with Crippen LogP contribution in [0, 0.1) is 13.8 Å². The van der Waals surface area contributed by atoms with E-state index in [-0.39, 0.29) is 5.54 Å². The van der Waals surface area contributed by atoms with Crippen molar-refractivity contribution in [3.63, 3.8) is 0 Å². The minimum Gasteiger partial charge on any atom is -0.320 e. The Morgan fingerprint density at radius 3 is 2.73 bits per heavy atom. The molecule has 1 fully saturated rings. The zero-order valence-corrected chi connectivity index (χ0v) is 9.12. The normalized spacial score (nSPS) is 18.3. The molecule has 15 heavy (non-hydrogen) atoms. The first kappa shape index (κ1) is 8.92. The third kappa shape index (κ3) is 1.13. The van der Waals surface area contributed by atoms with E-state index < -0.39 is 0 Å². The van der Waals surface area contributed by atoms with E-state index in [0.29, 0.717) is 0 Å². The van der Waals surface area contributed by atoms with Gasteiger partial charge in [0.15, 0.2) is 0 Å². The highest BCUT2D eigenvalue weighted by Crippen LogP contribution is 2.44. The minimum absolute atomic E-state index is 0.115. The number of hydrogen-bond acceptors (Lipinski definition) is 2. The summed E-state index contributed by atoms with van der Waals surface area (Å²) in [5, 5.41) is 0. The van der Waals surface area contributed by atoms with Crippen LogP contribution in [0.1, 0.15) is 29.9 Å². The maximum atomic E-state index is 6.29. The standard InChI is InChI=1S/C12H15N3/c1-8-4-3-5-10-14-9(2)11(15(8)10)12(13)6-7-12/h3-5H,6-7,13H2,1-2H3. The van der Waals surface area contributed by atoms with Crippen LogP contribution in [0.4, 0.5) is 0 Å². The van der Waals surface area contributed by atoms with Gasteiger partial charge in [-0.3, -0.25) is 4.40 Å². The first-order valence-electron chi connectivity index (χ1n) is 5.36. The number of aryl methyl sites for hydroxylation is 2. The zero-order chi connectivity index (χ0) is 10.6. The third-order valence-corrected chi connectivity index (χ3v) is 3.27. The molecule has 3 rings (SSSR count). The van der Waals surface area contributed by atoms with E-state index in [1.54, 1.807) is 0 Å². The number of pyridine rings is 1. The van der Waals surface area contributed by atoms with Gasteiger partial charge in [-0.05, 0) is 38.8 Å². The van der Waals surface area contributed by atoms with Crippen LogP contribution in [0.15, 0.2) is 18.2 Å². The number of imidazole rings is 1. The lowest BCUT2D eigenvalue weighted by Gasteiger charge is -2.11. The maximum absolute atomic E-state index is 6.29. The van der Waals surface area contributed by atoms with E-state index in [2.05, 4.69) is 29.3 Å². The molecule has 0 unspecified atom stereocenters. The van der Waals surface area contributed by atoms with Crippen LogP contribution in [0.25, 0.3) is 5.65 Å². The summed E-state index contributed by atoms with van der Waals surface area (Å²) in [6.45, 7) is 4.15. The molecule has 0 saturated heterocycles. The lowest BCUT2D eigenvalue weighted by molar-refractivity contribution is 0.687. The zero-order valence-electron chi connectivity index (χ0n) is 9.12. The fraction of sp³-hybridized carbons (Fsp3) is 0.417.